The van der Waals surface area contributed by atoms with E-state index in [1.807, 2.05) is 19.1 Å². The molecule has 1 aliphatic rings. The number of aliphatic hydroxyl groups excluding tert-OH is 1. The van der Waals surface area contributed by atoms with Crippen molar-refractivity contribution < 1.29 is 9.90 Å². The van der Waals surface area contributed by atoms with Crippen LogP contribution in [-0.2, 0) is 4.79 Å². The lowest BCUT2D eigenvalue weighted by Gasteiger charge is -2.14. The summed E-state index contributed by atoms with van der Waals surface area (Å²) < 4.78 is 0. The van der Waals surface area contributed by atoms with Crippen LogP contribution in [-0.4, -0.2) is 41.7 Å². The van der Waals surface area contributed by atoms with Gasteiger partial charge in [0.25, 0.3) is 0 Å². The fourth-order valence-corrected chi connectivity index (χ4v) is 2.47. The van der Waals surface area contributed by atoms with Crippen LogP contribution in [0.2, 0.25) is 0 Å². The second kappa shape index (κ2) is 6.72. The van der Waals surface area contributed by atoms with Crippen molar-refractivity contribution in [3.8, 4) is 0 Å². The molecule has 1 heterocycles. The van der Waals surface area contributed by atoms with Gasteiger partial charge in [0.15, 0.2) is 0 Å². The van der Waals surface area contributed by atoms with Crippen LogP contribution in [0.3, 0.4) is 0 Å². The lowest BCUT2D eigenvalue weighted by molar-refractivity contribution is -0.116. The van der Waals surface area contributed by atoms with Crippen molar-refractivity contribution in [3.05, 3.63) is 23.8 Å². The Hall–Kier alpha value is -1.59. The Balaban J connectivity index is 1.74. The molecular formula is C15H23N3O2. The summed E-state index contributed by atoms with van der Waals surface area (Å²) in [7, 11) is 0. The minimum absolute atomic E-state index is 0.0124. The molecule has 2 rings (SSSR count). The fourth-order valence-electron chi connectivity index (χ4n) is 2.47. The number of anilines is 2. The first-order valence-corrected chi connectivity index (χ1v) is 7.11. The third kappa shape index (κ3) is 4.21. The Bertz CT molecular complexity index is 476. The van der Waals surface area contributed by atoms with Crippen LogP contribution < -0.4 is 11.1 Å². The number of nitrogens with one attached hydrogen (secondary N) is 1. The topological polar surface area (TPSA) is 78.6 Å². The quantitative estimate of drug-likeness (QED) is 0.710. The monoisotopic (exact) mass is 277 g/mol. The molecule has 0 spiro atoms. The van der Waals surface area contributed by atoms with Gasteiger partial charge in [0, 0.05) is 30.9 Å². The Morgan fingerprint density at radius 2 is 2.35 bits per heavy atom. The Morgan fingerprint density at radius 1 is 1.55 bits per heavy atom. The Morgan fingerprint density at radius 3 is 3.05 bits per heavy atom. The van der Waals surface area contributed by atoms with E-state index < -0.39 is 0 Å². The van der Waals surface area contributed by atoms with Crippen molar-refractivity contribution >= 4 is 17.3 Å². The molecule has 1 amide bonds. The van der Waals surface area contributed by atoms with Crippen molar-refractivity contribution in [2.45, 2.75) is 32.3 Å². The molecule has 110 valence electrons. The molecule has 1 fully saturated rings. The van der Waals surface area contributed by atoms with Gasteiger partial charge in [-0.2, -0.15) is 0 Å². The van der Waals surface area contributed by atoms with E-state index in [0.717, 1.165) is 43.7 Å². The number of nitrogens with two attached hydrogens (primary N) is 1. The molecule has 20 heavy (non-hydrogen) atoms. The number of β-amino-alcohol motifs (C(OH)–C–C–N with tert-alkyl or cyclic N) is 1. The van der Waals surface area contributed by atoms with E-state index in [0.29, 0.717) is 12.1 Å². The number of carbonyl (C=O) groups excluding carboxylic acids is 1. The van der Waals surface area contributed by atoms with Gasteiger partial charge in [-0.15, -0.1) is 0 Å². The zero-order valence-electron chi connectivity index (χ0n) is 11.9. The largest absolute Gasteiger partial charge is 0.399 e. The first-order valence-electron chi connectivity index (χ1n) is 7.11. The number of likely N-dealkylation sites (tertiary alicyclic amines) is 1. The molecule has 0 bridgehead atoms. The minimum atomic E-state index is -0.196. The van der Waals surface area contributed by atoms with Crippen LogP contribution in [0.15, 0.2) is 18.2 Å². The number of aryl methyl sites for hydroxylation is 1. The molecule has 5 nitrogen and oxygen atoms in total. The van der Waals surface area contributed by atoms with E-state index in [1.165, 1.54) is 0 Å². The summed E-state index contributed by atoms with van der Waals surface area (Å²) in [6.07, 6.45) is 1.94. The van der Waals surface area contributed by atoms with Crippen LogP contribution in [0, 0.1) is 6.92 Å². The highest BCUT2D eigenvalue weighted by molar-refractivity contribution is 5.91. The predicted octanol–water partition coefficient (Wildman–Crippen LogP) is 1.36. The first kappa shape index (κ1) is 14.8. The maximum absolute atomic E-state index is 11.9. The van der Waals surface area contributed by atoms with E-state index in [2.05, 4.69) is 10.2 Å². The molecule has 0 radical (unpaired) electrons. The number of hydrogen-bond donors (Lipinski definition) is 3. The summed E-state index contributed by atoms with van der Waals surface area (Å²) in [4.78, 5) is 14.1. The maximum Gasteiger partial charge on any atom is 0.224 e. The van der Waals surface area contributed by atoms with Gasteiger partial charge in [0.2, 0.25) is 5.91 Å². The van der Waals surface area contributed by atoms with E-state index in [-0.39, 0.29) is 12.0 Å². The summed E-state index contributed by atoms with van der Waals surface area (Å²) in [6.45, 7) is 4.47. The summed E-state index contributed by atoms with van der Waals surface area (Å²) in [6, 6.07) is 5.50. The van der Waals surface area contributed by atoms with Gasteiger partial charge in [-0.05, 0) is 44.0 Å². The van der Waals surface area contributed by atoms with Gasteiger partial charge in [0.05, 0.1) is 6.10 Å². The van der Waals surface area contributed by atoms with E-state index in [9.17, 15) is 9.90 Å². The fraction of sp³-hybridized carbons (Fsp3) is 0.533. The molecule has 1 aromatic carbocycles. The number of amides is 1. The van der Waals surface area contributed by atoms with Crippen LogP contribution in [0.5, 0.6) is 0 Å². The summed E-state index contributed by atoms with van der Waals surface area (Å²) in [5.74, 6) is 0.0124. The molecule has 4 N–H and O–H groups in total. The Labute approximate surface area is 119 Å². The molecule has 0 aliphatic carbocycles. The van der Waals surface area contributed by atoms with Gasteiger partial charge in [0.1, 0.15) is 0 Å². The van der Waals surface area contributed by atoms with Crippen molar-refractivity contribution in [2.75, 3.05) is 30.7 Å². The summed E-state index contributed by atoms with van der Waals surface area (Å²) in [5, 5.41) is 12.3. The van der Waals surface area contributed by atoms with Crippen LogP contribution in [0.25, 0.3) is 0 Å². The van der Waals surface area contributed by atoms with Gasteiger partial charge >= 0.3 is 0 Å². The van der Waals surface area contributed by atoms with E-state index in [4.69, 9.17) is 5.73 Å². The minimum Gasteiger partial charge on any atom is -0.399 e. The average molecular weight is 277 g/mol. The number of rotatable bonds is 5. The molecule has 5 heteroatoms. The number of hydrogen-bond acceptors (Lipinski definition) is 4. The highest BCUT2D eigenvalue weighted by Crippen LogP contribution is 2.18. The van der Waals surface area contributed by atoms with Crippen LogP contribution in [0.1, 0.15) is 24.8 Å². The number of aliphatic hydroxyl groups is 1. The van der Waals surface area contributed by atoms with Crippen molar-refractivity contribution in [3.63, 3.8) is 0 Å². The average Bonchev–Trinajstić information content (AvgIpc) is 2.80. The number of nitrogens with zero attached hydrogens (tertiary/aromatic N) is 1. The van der Waals surface area contributed by atoms with Crippen LogP contribution in [0.4, 0.5) is 11.4 Å². The van der Waals surface area contributed by atoms with E-state index in [1.54, 1.807) is 6.07 Å². The second-order valence-electron chi connectivity index (χ2n) is 5.47. The molecule has 1 aliphatic heterocycles. The third-order valence-electron chi connectivity index (χ3n) is 3.66. The zero-order valence-corrected chi connectivity index (χ0v) is 11.9. The summed E-state index contributed by atoms with van der Waals surface area (Å²) in [5.41, 5.74) is 8.16. The maximum atomic E-state index is 11.9. The molecular weight excluding hydrogens is 254 g/mol. The van der Waals surface area contributed by atoms with Crippen molar-refractivity contribution in [1.82, 2.24) is 4.90 Å². The van der Waals surface area contributed by atoms with Crippen molar-refractivity contribution in [2.24, 2.45) is 0 Å². The molecule has 1 aromatic rings. The molecule has 0 aromatic heterocycles. The number of benzene rings is 1. The third-order valence-corrected chi connectivity index (χ3v) is 3.66. The lowest BCUT2D eigenvalue weighted by atomic mass is 10.1. The molecule has 1 atom stereocenters. The highest BCUT2D eigenvalue weighted by Gasteiger charge is 2.19. The van der Waals surface area contributed by atoms with Gasteiger partial charge in [-0.1, -0.05) is 6.07 Å². The first-order chi connectivity index (χ1) is 9.54. The lowest BCUT2D eigenvalue weighted by Crippen LogP contribution is -2.24. The van der Waals surface area contributed by atoms with Crippen molar-refractivity contribution in [1.29, 1.82) is 0 Å². The zero-order chi connectivity index (χ0) is 14.5. The second-order valence-corrected chi connectivity index (χ2v) is 5.47. The standard InChI is InChI=1S/C15H23N3O2/c1-11-4-5-12(16)9-14(11)17-15(20)3-2-7-18-8-6-13(19)10-18/h4-5,9,13,19H,2-3,6-8,10,16H2,1H3,(H,17,20). The molecule has 1 unspecified atom stereocenters. The van der Waals surface area contributed by atoms with Gasteiger partial charge in [-0.3, -0.25) is 4.79 Å². The number of nitrogen functional groups attached to an aromatic ring is 1. The van der Waals surface area contributed by atoms with Crippen LogP contribution >= 0.6 is 0 Å². The molecule has 1 saturated heterocycles. The van der Waals surface area contributed by atoms with E-state index >= 15 is 0 Å². The normalized spacial score (nSPS) is 19.2. The molecule has 0 saturated carbocycles. The van der Waals surface area contributed by atoms with Gasteiger partial charge < -0.3 is 21.1 Å². The van der Waals surface area contributed by atoms with Gasteiger partial charge in [-0.25, -0.2) is 0 Å². The summed E-state index contributed by atoms with van der Waals surface area (Å²) >= 11 is 0. The highest BCUT2D eigenvalue weighted by atomic mass is 16.3. The predicted molar refractivity (Wildman–Crippen MR) is 80.5 cm³/mol. The smallest absolute Gasteiger partial charge is 0.224 e. The number of carbonyl (C=O) groups is 1. The Kier molecular flexibility index (Phi) is 4.98. The SMILES string of the molecule is Cc1ccc(N)cc1NC(=O)CCCN1CCC(O)C1.